The van der Waals surface area contributed by atoms with Gasteiger partial charge >= 0.3 is 0 Å². The fourth-order valence-electron chi connectivity index (χ4n) is 2.59. The zero-order valence-electron chi connectivity index (χ0n) is 17.9. The van der Waals surface area contributed by atoms with Crippen LogP contribution in [0.4, 0.5) is 5.69 Å². The Morgan fingerprint density at radius 3 is 2.77 bits per heavy atom. The SMILES string of the molecule is CCOCCCN=C(NCCc1ccco1)Nc1cccc(OCCCOC)c1.I. The van der Waals surface area contributed by atoms with Gasteiger partial charge < -0.3 is 29.3 Å². The van der Waals surface area contributed by atoms with Gasteiger partial charge in [-0.2, -0.15) is 0 Å². The summed E-state index contributed by atoms with van der Waals surface area (Å²) in [6.45, 7) is 6.16. The van der Waals surface area contributed by atoms with Gasteiger partial charge in [0.25, 0.3) is 0 Å². The summed E-state index contributed by atoms with van der Waals surface area (Å²) < 4.78 is 21.6. The molecule has 1 aromatic heterocycles. The fourth-order valence-corrected chi connectivity index (χ4v) is 2.59. The van der Waals surface area contributed by atoms with Crippen LogP contribution in [-0.4, -0.2) is 52.6 Å². The molecule has 0 amide bonds. The standard InChI is InChI=1S/C22H33N3O4.HI/c1-3-27-15-6-12-23-22(24-13-11-20-10-5-16-28-20)25-19-8-4-9-21(18-19)29-17-7-14-26-2;/h4-5,8-10,16,18H,3,6-7,11-15,17H2,1-2H3,(H2,23,24,25);1H. The molecule has 0 atom stereocenters. The second-order valence-corrected chi connectivity index (χ2v) is 6.38. The molecule has 2 N–H and O–H groups in total. The lowest BCUT2D eigenvalue weighted by molar-refractivity contribution is 0.146. The zero-order chi connectivity index (χ0) is 20.6. The van der Waals surface area contributed by atoms with Gasteiger partial charge in [0.05, 0.1) is 12.9 Å². The summed E-state index contributed by atoms with van der Waals surface area (Å²) in [6, 6.07) is 11.7. The van der Waals surface area contributed by atoms with Crippen molar-refractivity contribution in [3.8, 4) is 5.75 Å². The van der Waals surface area contributed by atoms with Crippen LogP contribution >= 0.6 is 24.0 Å². The lowest BCUT2D eigenvalue weighted by atomic mass is 10.3. The molecular weight excluding hydrogens is 497 g/mol. The predicted molar refractivity (Wildman–Crippen MR) is 131 cm³/mol. The van der Waals surface area contributed by atoms with Crippen LogP contribution in [0.1, 0.15) is 25.5 Å². The maximum Gasteiger partial charge on any atom is 0.195 e. The van der Waals surface area contributed by atoms with Crippen molar-refractivity contribution in [1.29, 1.82) is 0 Å². The van der Waals surface area contributed by atoms with Gasteiger partial charge in [-0.25, -0.2) is 0 Å². The Balaban J connectivity index is 0.00000450. The topological polar surface area (TPSA) is 77.2 Å². The molecule has 8 heteroatoms. The average molecular weight is 531 g/mol. The lowest BCUT2D eigenvalue weighted by Crippen LogP contribution is -2.32. The Kier molecular flexibility index (Phi) is 14.8. The van der Waals surface area contributed by atoms with E-state index in [1.54, 1.807) is 13.4 Å². The lowest BCUT2D eigenvalue weighted by Gasteiger charge is -2.14. The van der Waals surface area contributed by atoms with Gasteiger partial charge in [-0.1, -0.05) is 6.07 Å². The van der Waals surface area contributed by atoms with Crippen molar-refractivity contribution in [2.24, 2.45) is 4.99 Å². The molecule has 2 aromatic rings. The number of aliphatic imine (C=N–C) groups is 1. The van der Waals surface area contributed by atoms with Gasteiger partial charge in [0.15, 0.2) is 5.96 Å². The first kappa shape index (κ1) is 26.3. The molecule has 0 aliphatic carbocycles. The van der Waals surface area contributed by atoms with Crippen LogP contribution in [0.5, 0.6) is 5.75 Å². The molecule has 1 heterocycles. The Labute approximate surface area is 196 Å². The molecule has 168 valence electrons. The van der Waals surface area contributed by atoms with E-state index in [-0.39, 0.29) is 24.0 Å². The summed E-state index contributed by atoms with van der Waals surface area (Å²) in [5.41, 5.74) is 0.920. The third-order valence-electron chi connectivity index (χ3n) is 4.02. The Morgan fingerprint density at radius 1 is 1.10 bits per heavy atom. The van der Waals surface area contributed by atoms with Crippen LogP contribution in [0.3, 0.4) is 0 Å². The van der Waals surface area contributed by atoms with E-state index in [0.717, 1.165) is 55.6 Å². The summed E-state index contributed by atoms with van der Waals surface area (Å²) in [5, 5.41) is 6.71. The molecule has 0 bridgehead atoms. The number of guanidine groups is 1. The maximum atomic E-state index is 5.78. The first-order chi connectivity index (χ1) is 14.3. The summed E-state index contributed by atoms with van der Waals surface area (Å²) in [6.07, 6.45) is 4.21. The van der Waals surface area contributed by atoms with Crippen molar-refractivity contribution in [1.82, 2.24) is 5.32 Å². The molecule has 0 aliphatic heterocycles. The summed E-state index contributed by atoms with van der Waals surface area (Å²) in [4.78, 5) is 4.65. The van der Waals surface area contributed by atoms with Crippen molar-refractivity contribution in [2.75, 3.05) is 51.9 Å². The molecule has 0 spiro atoms. The monoisotopic (exact) mass is 531 g/mol. The summed E-state index contributed by atoms with van der Waals surface area (Å²) in [5.74, 6) is 2.49. The number of benzene rings is 1. The molecule has 0 radical (unpaired) electrons. The van der Waals surface area contributed by atoms with E-state index in [9.17, 15) is 0 Å². The van der Waals surface area contributed by atoms with Crippen molar-refractivity contribution < 1.29 is 18.6 Å². The van der Waals surface area contributed by atoms with Gasteiger partial charge in [-0.3, -0.25) is 4.99 Å². The quantitative estimate of drug-likeness (QED) is 0.164. The number of hydrogen-bond acceptors (Lipinski definition) is 5. The van der Waals surface area contributed by atoms with Gasteiger partial charge in [0.1, 0.15) is 11.5 Å². The van der Waals surface area contributed by atoms with E-state index in [0.29, 0.717) is 26.4 Å². The highest BCUT2D eigenvalue weighted by molar-refractivity contribution is 14.0. The molecule has 30 heavy (non-hydrogen) atoms. The number of anilines is 1. The molecule has 1 aromatic carbocycles. The number of ether oxygens (including phenoxy) is 3. The second-order valence-electron chi connectivity index (χ2n) is 6.38. The molecule has 2 rings (SSSR count). The first-order valence-corrected chi connectivity index (χ1v) is 10.2. The van der Waals surface area contributed by atoms with Gasteiger partial charge in [0.2, 0.25) is 0 Å². The largest absolute Gasteiger partial charge is 0.493 e. The Bertz CT molecular complexity index is 695. The van der Waals surface area contributed by atoms with Crippen LogP contribution in [0.2, 0.25) is 0 Å². The predicted octanol–water partition coefficient (Wildman–Crippen LogP) is 4.34. The number of halogens is 1. The molecule has 0 saturated carbocycles. The zero-order valence-corrected chi connectivity index (χ0v) is 20.2. The molecular formula is C22H34IN3O4. The molecule has 0 aliphatic rings. The van der Waals surface area contributed by atoms with Crippen LogP contribution in [0.25, 0.3) is 0 Å². The highest BCUT2D eigenvalue weighted by Gasteiger charge is 2.03. The van der Waals surface area contributed by atoms with E-state index < -0.39 is 0 Å². The minimum absolute atomic E-state index is 0. The molecule has 7 nitrogen and oxygen atoms in total. The van der Waals surface area contributed by atoms with Crippen molar-refractivity contribution >= 4 is 35.6 Å². The number of methoxy groups -OCH3 is 1. The number of hydrogen-bond donors (Lipinski definition) is 2. The normalized spacial score (nSPS) is 11.1. The van der Waals surface area contributed by atoms with E-state index in [1.165, 1.54) is 0 Å². The Hall–Kier alpha value is -1.78. The molecule has 0 saturated heterocycles. The van der Waals surface area contributed by atoms with Gasteiger partial charge in [-0.15, -0.1) is 24.0 Å². The highest BCUT2D eigenvalue weighted by Crippen LogP contribution is 2.17. The third-order valence-corrected chi connectivity index (χ3v) is 4.02. The third kappa shape index (κ3) is 11.4. The summed E-state index contributed by atoms with van der Waals surface area (Å²) in [7, 11) is 1.69. The highest BCUT2D eigenvalue weighted by atomic mass is 127. The number of furan rings is 1. The van der Waals surface area contributed by atoms with E-state index in [2.05, 4.69) is 15.6 Å². The van der Waals surface area contributed by atoms with Gasteiger partial charge in [0, 0.05) is 64.6 Å². The van der Waals surface area contributed by atoms with E-state index in [1.807, 2.05) is 43.3 Å². The smallest absolute Gasteiger partial charge is 0.195 e. The van der Waals surface area contributed by atoms with Crippen molar-refractivity contribution in [3.05, 3.63) is 48.4 Å². The maximum absolute atomic E-state index is 5.78. The number of rotatable bonds is 14. The van der Waals surface area contributed by atoms with Gasteiger partial charge in [-0.05, 0) is 37.6 Å². The van der Waals surface area contributed by atoms with Crippen LogP contribution < -0.4 is 15.4 Å². The van der Waals surface area contributed by atoms with E-state index in [4.69, 9.17) is 18.6 Å². The van der Waals surface area contributed by atoms with Crippen molar-refractivity contribution in [2.45, 2.75) is 26.2 Å². The fraction of sp³-hybridized carbons (Fsp3) is 0.500. The van der Waals surface area contributed by atoms with E-state index >= 15 is 0 Å². The van der Waals surface area contributed by atoms with Crippen molar-refractivity contribution in [3.63, 3.8) is 0 Å². The summed E-state index contributed by atoms with van der Waals surface area (Å²) >= 11 is 0. The number of nitrogens with one attached hydrogen (secondary N) is 2. The molecule has 0 fully saturated rings. The second kappa shape index (κ2) is 17.0. The number of nitrogens with zero attached hydrogens (tertiary/aromatic N) is 1. The van der Waals surface area contributed by atoms with Crippen LogP contribution in [0.15, 0.2) is 52.1 Å². The average Bonchev–Trinajstić information content (AvgIpc) is 3.25. The minimum atomic E-state index is 0. The Morgan fingerprint density at radius 2 is 2.00 bits per heavy atom. The minimum Gasteiger partial charge on any atom is -0.493 e. The molecule has 0 unspecified atom stereocenters. The first-order valence-electron chi connectivity index (χ1n) is 10.2. The van der Waals surface area contributed by atoms with Crippen LogP contribution in [0, 0.1) is 0 Å². The van der Waals surface area contributed by atoms with Crippen LogP contribution in [-0.2, 0) is 15.9 Å².